The van der Waals surface area contributed by atoms with Crippen LogP contribution in [0.25, 0.3) is 0 Å². The Balaban J connectivity index is 2.19. The number of aliphatic hydroxyl groups is 1. The van der Waals surface area contributed by atoms with Gasteiger partial charge in [0.25, 0.3) is 0 Å². The lowest BCUT2D eigenvalue weighted by molar-refractivity contribution is 0.0408. The van der Waals surface area contributed by atoms with Gasteiger partial charge in [-0.25, -0.2) is 9.18 Å². The molecule has 1 unspecified atom stereocenters. The zero-order valence-corrected chi connectivity index (χ0v) is 11.3. The molecule has 3 rings (SSSR count). The van der Waals surface area contributed by atoms with Gasteiger partial charge < -0.3 is 19.5 Å². The maximum absolute atomic E-state index is 13.0. The van der Waals surface area contributed by atoms with Gasteiger partial charge in [0.2, 0.25) is 5.43 Å². The first-order valence-electron chi connectivity index (χ1n) is 6.56. The molecule has 0 amide bonds. The van der Waals surface area contributed by atoms with Crippen molar-refractivity contribution >= 4 is 5.97 Å². The number of benzene rings is 1. The summed E-state index contributed by atoms with van der Waals surface area (Å²) in [5, 5.41) is 20.4. The van der Waals surface area contributed by atoms with Crippen LogP contribution in [0.2, 0.25) is 0 Å². The van der Waals surface area contributed by atoms with Crippen LogP contribution in [0.3, 0.4) is 0 Å². The molecule has 0 bridgehead atoms. The summed E-state index contributed by atoms with van der Waals surface area (Å²) < 4.78 is 19.2. The second kappa shape index (κ2) is 5.27. The molecule has 1 aliphatic heterocycles. The molecule has 1 aliphatic rings. The first-order valence-corrected chi connectivity index (χ1v) is 6.56. The molecule has 7 heteroatoms. The maximum atomic E-state index is 13.0. The van der Waals surface area contributed by atoms with Gasteiger partial charge in [0.1, 0.15) is 24.2 Å². The SMILES string of the molecule is O=C1OCCn2c1cc(=O)c(O)c2C(O)c1ccc(F)cc1. The number of carbonyl (C=O) groups excluding carboxylic acids is 1. The van der Waals surface area contributed by atoms with Crippen molar-refractivity contribution in [3.8, 4) is 5.75 Å². The summed E-state index contributed by atoms with van der Waals surface area (Å²) in [7, 11) is 0. The highest BCUT2D eigenvalue weighted by Gasteiger charge is 2.28. The minimum atomic E-state index is -1.38. The van der Waals surface area contributed by atoms with Crippen molar-refractivity contribution in [3.63, 3.8) is 0 Å². The molecule has 0 fully saturated rings. The second-order valence-electron chi connectivity index (χ2n) is 4.87. The number of aliphatic hydroxyl groups excluding tert-OH is 1. The van der Waals surface area contributed by atoms with Crippen molar-refractivity contribution in [2.24, 2.45) is 0 Å². The largest absolute Gasteiger partial charge is 0.503 e. The first kappa shape index (κ1) is 14.3. The number of carbonyl (C=O) groups is 1. The summed E-state index contributed by atoms with van der Waals surface area (Å²) in [4.78, 5) is 23.5. The van der Waals surface area contributed by atoms with Crippen LogP contribution >= 0.6 is 0 Å². The van der Waals surface area contributed by atoms with E-state index in [2.05, 4.69) is 0 Å². The summed E-state index contributed by atoms with van der Waals surface area (Å²) >= 11 is 0. The van der Waals surface area contributed by atoms with Crippen LogP contribution in [-0.4, -0.2) is 27.4 Å². The highest BCUT2D eigenvalue weighted by atomic mass is 19.1. The van der Waals surface area contributed by atoms with E-state index in [1.807, 2.05) is 0 Å². The van der Waals surface area contributed by atoms with E-state index in [1.54, 1.807) is 0 Å². The number of esters is 1. The number of hydrogen-bond donors (Lipinski definition) is 2. The highest BCUT2D eigenvalue weighted by molar-refractivity contribution is 5.88. The van der Waals surface area contributed by atoms with E-state index in [9.17, 15) is 24.2 Å². The van der Waals surface area contributed by atoms with E-state index in [0.717, 1.165) is 18.2 Å². The Kier molecular flexibility index (Phi) is 3.42. The predicted molar refractivity (Wildman–Crippen MR) is 73.1 cm³/mol. The fourth-order valence-electron chi connectivity index (χ4n) is 2.45. The Bertz CT molecular complexity index is 797. The lowest BCUT2D eigenvalue weighted by Gasteiger charge is -2.25. The van der Waals surface area contributed by atoms with Crippen molar-refractivity contribution < 1.29 is 24.1 Å². The van der Waals surface area contributed by atoms with Gasteiger partial charge in [-0.15, -0.1) is 0 Å². The van der Waals surface area contributed by atoms with Gasteiger partial charge in [0.15, 0.2) is 5.75 Å². The summed E-state index contributed by atoms with van der Waals surface area (Å²) in [6.45, 7) is 0.264. The zero-order chi connectivity index (χ0) is 15.9. The molecule has 0 aliphatic carbocycles. The molecule has 2 N–H and O–H groups in total. The standard InChI is InChI=1S/C15H12FNO5/c16-9-3-1-8(2-4-9)13(19)12-14(20)11(18)7-10-15(21)22-6-5-17(10)12/h1-4,7,13,19-20H,5-6H2. The van der Waals surface area contributed by atoms with Gasteiger partial charge in [-0.1, -0.05) is 12.1 Å². The van der Waals surface area contributed by atoms with Crippen LogP contribution in [0.15, 0.2) is 35.1 Å². The Morgan fingerprint density at radius 3 is 2.59 bits per heavy atom. The number of aromatic hydroxyl groups is 1. The zero-order valence-electron chi connectivity index (χ0n) is 11.3. The third-order valence-corrected chi connectivity index (χ3v) is 3.53. The van der Waals surface area contributed by atoms with Crippen LogP contribution in [0.1, 0.15) is 27.8 Å². The summed E-state index contributed by atoms with van der Waals surface area (Å²) in [6.07, 6.45) is -1.38. The van der Waals surface area contributed by atoms with E-state index in [4.69, 9.17) is 4.74 Å². The number of cyclic esters (lactones) is 1. The van der Waals surface area contributed by atoms with Crippen molar-refractivity contribution in [2.45, 2.75) is 12.6 Å². The third-order valence-electron chi connectivity index (χ3n) is 3.53. The van der Waals surface area contributed by atoms with Gasteiger partial charge in [-0.2, -0.15) is 0 Å². The minimum absolute atomic E-state index is 0.0368. The molecule has 0 saturated heterocycles. The summed E-state index contributed by atoms with van der Waals surface area (Å²) in [6, 6.07) is 5.96. The van der Waals surface area contributed by atoms with Gasteiger partial charge in [-0.05, 0) is 17.7 Å². The number of ether oxygens (including phenoxy) is 1. The monoisotopic (exact) mass is 305 g/mol. The summed E-state index contributed by atoms with van der Waals surface area (Å²) in [5.74, 6) is -1.82. The molecule has 0 spiro atoms. The summed E-state index contributed by atoms with van der Waals surface area (Å²) in [5.41, 5.74) is -0.645. The maximum Gasteiger partial charge on any atom is 0.355 e. The van der Waals surface area contributed by atoms with Crippen LogP contribution in [0.5, 0.6) is 5.75 Å². The number of nitrogens with zero attached hydrogens (tertiary/aromatic N) is 1. The number of halogens is 1. The normalized spacial score (nSPS) is 15.1. The van der Waals surface area contributed by atoms with Crippen LogP contribution in [0, 0.1) is 5.82 Å². The van der Waals surface area contributed by atoms with Gasteiger partial charge in [-0.3, -0.25) is 4.79 Å². The Morgan fingerprint density at radius 1 is 1.23 bits per heavy atom. The molecule has 2 aromatic rings. The fraction of sp³-hybridized carbons (Fsp3) is 0.200. The van der Waals surface area contributed by atoms with E-state index in [-0.39, 0.29) is 30.1 Å². The number of pyridine rings is 1. The number of rotatable bonds is 2. The molecular weight excluding hydrogens is 293 g/mol. The molecule has 22 heavy (non-hydrogen) atoms. The Hall–Kier alpha value is -2.67. The van der Waals surface area contributed by atoms with Gasteiger partial charge in [0, 0.05) is 6.07 Å². The van der Waals surface area contributed by atoms with Crippen molar-refractivity contribution in [2.75, 3.05) is 6.61 Å². The Morgan fingerprint density at radius 2 is 1.91 bits per heavy atom. The van der Waals surface area contributed by atoms with E-state index in [0.29, 0.717) is 0 Å². The van der Waals surface area contributed by atoms with Crippen molar-refractivity contribution in [3.05, 3.63) is 63.3 Å². The third kappa shape index (κ3) is 2.25. The van der Waals surface area contributed by atoms with E-state index < -0.39 is 29.1 Å². The number of aromatic nitrogens is 1. The van der Waals surface area contributed by atoms with Gasteiger partial charge >= 0.3 is 5.97 Å². The molecule has 0 saturated carbocycles. The second-order valence-corrected chi connectivity index (χ2v) is 4.87. The lowest BCUT2D eigenvalue weighted by atomic mass is 10.0. The molecule has 1 aromatic heterocycles. The molecule has 0 radical (unpaired) electrons. The van der Waals surface area contributed by atoms with Gasteiger partial charge in [0.05, 0.1) is 12.2 Å². The smallest absolute Gasteiger partial charge is 0.355 e. The lowest BCUT2D eigenvalue weighted by Crippen LogP contribution is -2.30. The fourth-order valence-corrected chi connectivity index (χ4v) is 2.45. The quantitative estimate of drug-likeness (QED) is 0.806. The first-order chi connectivity index (χ1) is 10.5. The number of hydrogen-bond acceptors (Lipinski definition) is 5. The Labute approximate surface area is 124 Å². The van der Waals surface area contributed by atoms with E-state index >= 15 is 0 Å². The van der Waals surface area contributed by atoms with E-state index in [1.165, 1.54) is 16.7 Å². The molecule has 114 valence electrons. The highest BCUT2D eigenvalue weighted by Crippen LogP contribution is 2.29. The molecule has 1 atom stereocenters. The number of fused-ring (bicyclic) bond motifs is 1. The minimum Gasteiger partial charge on any atom is -0.503 e. The molecule has 6 nitrogen and oxygen atoms in total. The molecule has 2 heterocycles. The van der Waals surface area contributed by atoms with Crippen molar-refractivity contribution in [1.29, 1.82) is 0 Å². The van der Waals surface area contributed by atoms with Crippen LogP contribution in [0.4, 0.5) is 4.39 Å². The topological polar surface area (TPSA) is 88.8 Å². The van der Waals surface area contributed by atoms with Crippen LogP contribution in [-0.2, 0) is 11.3 Å². The average Bonchev–Trinajstić information content (AvgIpc) is 2.50. The molecular formula is C15H12FNO5. The average molecular weight is 305 g/mol. The van der Waals surface area contributed by atoms with Crippen LogP contribution < -0.4 is 5.43 Å². The predicted octanol–water partition coefficient (Wildman–Crippen LogP) is 0.945. The molecule has 1 aromatic carbocycles. The van der Waals surface area contributed by atoms with Crippen molar-refractivity contribution in [1.82, 2.24) is 4.57 Å².